The van der Waals surface area contributed by atoms with Gasteiger partial charge in [-0.1, -0.05) is 0 Å². The van der Waals surface area contributed by atoms with Crippen LogP contribution in [0.1, 0.15) is 0 Å². The summed E-state index contributed by atoms with van der Waals surface area (Å²) in [5.74, 6) is 0. The first kappa shape index (κ1) is 16.6. The van der Waals surface area contributed by atoms with E-state index in [1.165, 1.54) is 4.97 Å². The molecule has 0 aliphatic rings. The molecule has 34 valence electrons. The van der Waals surface area contributed by atoms with Crippen molar-refractivity contribution in [2.45, 2.75) is 0 Å². The van der Waals surface area contributed by atoms with Crippen LogP contribution in [0.4, 0.5) is 0 Å². The molecule has 0 aromatic carbocycles. The maximum absolute atomic E-state index is 7.21. The van der Waals surface area contributed by atoms with Crippen LogP contribution >= 0.6 is 0 Å². The number of rotatable bonds is 0. The van der Waals surface area contributed by atoms with E-state index >= 15 is 0 Å². The van der Waals surface area contributed by atoms with E-state index in [1.54, 1.807) is 0 Å². The van der Waals surface area contributed by atoms with E-state index in [4.69, 9.17) is 5.26 Å². The van der Waals surface area contributed by atoms with Crippen LogP contribution in [0.15, 0.2) is 0 Å². The first-order chi connectivity index (χ1) is 1.41. The van der Waals surface area contributed by atoms with Crippen LogP contribution in [0.2, 0.25) is 0 Å². The monoisotopic (exact) mass is 195 g/mol. The summed E-state index contributed by atoms with van der Waals surface area (Å²) in [5.41, 5.74) is 0. The van der Waals surface area contributed by atoms with Gasteiger partial charge in [-0.15, -0.1) is 0 Å². The van der Waals surface area contributed by atoms with Crippen LogP contribution in [-0.2, 0) is 49.6 Å². The summed E-state index contributed by atoms with van der Waals surface area (Å²) in [6.07, 6.45) is 0. The largest absolute Gasteiger partial charge is 0 e. The molecule has 1 radical (unpaired) electrons. The van der Waals surface area contributed by atoms with Gasteiger partial charge in [-0.3, -0.25) is 0 Å². The number of hydrogen-bond donors (Lipinski definition) is 0. The van der Waals surface area contributed by atoms with E-state index in [0.717, 1.165) is 0 Å². The van der Waals surface area contributed by atoms with Crippen molar-refractivity contribution in [1.29, 1.82) is 5.26 Å². The second-order valence-electron chi connectivity index (χ2n) is 0.0791. The Hall–Kier alpha value is 1.02. The maximum atomic E-state index is 7.21. The van der Waals surface area contributed by atoms with Crippen molar-refractivity contribution in [3.63, 3.8) is 0 Å². The molecular weight excluding hydrogens is 195 g/mol. The first-order valence-corrected chi connectivity index (χ1v) is 0.952. The maximum Gasteiger partial charge on any atom is 0 e. The molecule has 0 atom stereocenters. The van der Waals surface area contributed by atoms with Crippen LogP contribution in [-0.4, -0.2) is 0 Å². The summed E-state index contributed by atoms with van der Waals surface area (Å²) in [6.45, 7) is 0. The molecule has 1 nitrogen and oxygen atoms in total. The van der Waals surface area contributed by atoms with Crippen molar-refractivity contribution in [2.75, 3.05) is 0 Å². The average Bonchev–Trinajstić information content (AvgIpc) is 0.918. The molecule has 0 spiro atoms. The van der Waals surface area contributed by atoms with Gasteiger partial charge >= 0.3 is 26.2 Å². The Balaban J connectivity index is -0.0000000200. The molecule has 0 amide bonds. The third-order valence-corrected chi connectivity index (χ3v) is 0. The zero-order valence-electron chi connectivity index (χ0n) is 1.99. The molecule has 0 rings (SSSR count). The minimum atomic E-state index is 0. The zero-order valence-corrected chi connectivity index (χ0v) is 5.27. The molecule has 0 aromatic rings. The van der Waals surface area contributed by atoms with Gasteiger partial charge < -0.3 is 0 Å². The second kappa shape index (κ2) is 19.9. The third-order valence-electron chi connectivity index (χ3n) is 0. The van der Waals surface area contributed by atoms with Crippen molar-refractivity contribution < 1.29 is 49.6 Å². The predicted octanol–water partition coefficient (Wildman–Crippen LogP) is 0.00928. The SMILES string of the molecule is N#[C][Fe].[Mn].[Ni]. The van der Waals surface area contributed by atoms with Gasteiger partial charge in [0.1, 0.15) is 0 Å². The Labute approximate surface area is 59.7 Å². The topological polar surface area (TPSA) is 23.8 Å². The molecule has 0 aliphatic heterocycles. The van der Waals surface area contributed by atoms with E-state index in [1.807, 2.05) is 0 Å². The van der Waals surface area contributed by atoms with Gasteiger partial charge in [0.2, 0.25) is 0 Å². The molecule has 0 N–H and O–H groups in total. The Morgan fingerprint density at radius 3 is 1.60 bits per heavy atom. The summed E-state index contributed by atoms with van der Waals surface area (Å²) >= 11 is 2.79. The molecule has 0 heterocycles. The predicted molar refractivity (Wildman–Crippen MR) is 5.61 cm³/mol. The zero-order chi connectivity index (χ0) is 2.71. The molecule has 0 saturated carbocycles. The average molecular weight is 195 g/mol. The summed E-state index contributed by atoms with van der Waals surface area (Å²) in [6, 6.07) is 0. The van der Waals surface area contributed by atoms with Crippen molar-refractivity contribution in [1.82, 2.24) is 0 Å². The molecular formula is CFeMnNNi. The van der Waals surface area contributed by atoms with E-state index in [0.29, 0.717) is 0 Å². The van der Waals surface area contributed by atoms with Gasteiger partial charge in [0.05, 0.1) is 0 Å². The van der Waals surface area contributed by atoms with E-state index < -0.39 is 0 Å². The molecule has 5 heavy (non-hydrogen) atoms. The van der Waals surface area contributed by atoms with Gasteiger partial charge in [-0.2, -0.15) is 0 Å². The third kappa shape index (κ3) is 43.9. The Morgan fingerprint density at radius 1 is 1.60 bits per heavy atom. The van der Waals surface area contributed by atoms with Gasteiger partial charge in [0, 0.05) is 33.6 Å². The standard InChI is InChI=1S/CN.Fe.Mn.Ni/c1-2;;;. The van der Waals surface area contributed by atoms with Gasteiger partial charge in [-0.25, -0.2) is 0 Å². The quantitative estimate of drug-likeness (QED) is 0.500. The fraction of sp³-hybridized carbons (Fsp3) is 0. The summed E-state index contributed by atoms with van der Waals surface area (Å²) in [7, 11) is 0. The van der Waals surface area contributed by atoms with Gasteiger partial charge in [0.25, 0.3) is 0 Å². The van der Waals surface area contributed by atoms with Crippen LogP contribution in [0, 0.1) is 10.2 Å². The minimum absolute atomic E-state index is 0. The Morgan fingerprint density at radius 2 is 1.60 bits per heavy atom. The van der Waals surface area contributed by atoms with Crippen LogP contribution < -0.4 is 0 Å². The Bertz CT molecular complexity index is 33.1. The van der Waals surface area contributed by atoms with Gasteiger partial charge in [-0.05, 0) is 0 Å². The molecule has 0 bridgehead atoms. The molecule has 0 saturated heterocycles. The van der Waals surface area contributed by atoms with Gasteiger partial charge in [0.15, 0.2) is 0 Å². The van der Waals surface area contributed by atoms with Crippen LogP contribution in [0.5, 0.6) is 0 Å². The smallest absolute Gasteiger partial charge is 0 e. The summed E-state index contributed by atoms with van der Waals surface area (Å²) in [4.78, 5) is 1.50. The summed E-state index contributed by atoms with van der Waals surface area (Å²) < 4.78 is 0. The molecule has 0 aliphatic carbocycles. The van der Waals surface area contributed by atoms with Crippen molar-refractivity contribution in [3.8, 4) is 4.97 Å². The molecule has 0 unspecified atom stereocenters. The van der Waals surface area contributed by atoms with Crippen molar-refractivity contribution in [3.05, 3.63) is 0 Å². The first-order valence-electron chi connectivity index (χ1n) is 0.400. The minimum Gasteiger partial charge on any atom is 0 e. The number of nitrogens with zero attached hydrogens (tertiary/aromatic N) is 1. The molecule has 0 fully saturated rings. The van der Waals surface area contributed by atoms with Crippen molar-refractivity contribution >= 4 is 0 Å². The van der Waals surface area contributed by atoms with E-state index in [-0.39, 0.29) is 33.6 Å². The van der Waals surface area contributed by atoms with E-state index in [2.05, 4.69) is 16.0 Å². The summed E-state index contributed by atoms with van der Waals surface area (Å²) in [5, 5.41) is 7.21. The Kier molecular flexibility index (Phi) is 66.1. The fourth-order valence-corrected chi connectivity index (χ4v) is 0. The van der Waals surface area contributed by atoms with Crippen molar-refractivity contribution in [2.24, 2.45) is 0 Å². The van der Waals surface area contributed by atoms with Crippen LogP contribution in [0.3, 0.4) is 0 Å². The van der Waals surface area contributed by atoms with Crippen LogP contribution in [0.25, 0.3) is 0 Å². The molecule has 0 aromatic heterocycles. The number of hydrogen-bond acceptors (Lipinski definition) is 1. The number of nitriles is 1. The van der Waals surface area contributed by atoms with E-state index in [9.17, 15) is 0 Å². The second-order valence-corrected chi connectivity index (χ2v) is 0.326. The molecule has 4 heteroatoms. The normalized spacial score (nSPS) is 1.60. The fourth-order valence-electron chi connectivity index (χ4n) is 0.